The van der Waals surface area contributed by atoms with Crippen molar-refractivity contribution < 1.29 is 13.9 Å². The van der Waals surface area contributed by atoms with E-state index >= 15 is 0 Å². The molecule has 0 amide bonds. The fourth-order valence-electron chi connectivity index (χ4n) is 2.60. The van der Waals surface area contributed by atoms with Crippen molar-refractivity contribution >= 4 is 11.0 Å². The number of hydrogen-bond acceptors (Lipinski definition) is 6. The molecule has 0 radical (unpaired) electrons. The Morgan fingerprint density at radius 2 is 2.00 bits per heavy atom. The minimum absolute atomic E-state index is 0.261. The van der Waals surface area contributed by atoms with Crippen molar-refractivity contribution in [3.05, 3.63) is 76.9 Å². The van der Waals surface area contributed by atoms with E-state index in [0.29, 0.717) is 22.8 Å². The Kier molecular flexibility index (Phi) is 4.10. The van der Waals surface area contributed by atoms with Gasteiger partial charge < -0.3 is 13.9 Å². The third-order valence-electron chi connectivity index (χ3n) is 3.85. The highest BCUT2D eigenvalue weighted by molar-refractivity contribution is 5.77. The zero-order valence-electron chi connectivity index (χ0n) is 14.0. The zero-order chi connectivity index (χ0) is 17.9. The molecule has 4 aromatic rings. The number of benzene rings is 2. The summed E-state index contributed by atoms with van der Waals surface area (Å²) in [6.07, 6.45) is 1.79. The summed E-state index contributed by atoms with van der Waals surface area (Å²) in [6, 6.07) is 15.9. The van der Waals surface area contributed by atoms with E-state index in [2.05, 4.69) is 10.3 Å². The molecule has 0 saturated heterocycles. The van der Waals surface area contributed by atoms with Crippen LogP contribution in [0.5, 0.6) is 11.5 Å². The maximum atomic E-state index is 11.2. The molecule has 130 valence electrons. The monoisotopic (exact) mass is 349 g/mol. The number of para-hydroxylation sites is 2. The number of nitrogens with zero attached hydrogens (tertiary/aromatic N) is 3. The summed E-state index contributed by atoms with van der Waals surface area (Å²) in [5.41, 5.74) is 1.62. The van der Waals surface area contributed by atoms with E-state index in [1.807, 2.05) is 30.3 Å². The van der Waals surface area contributed by atoms with Gasteiger partial charge in [-0.05, 0) is 36.4 Å². The summed E-state index contributed by atoms with van der Waals surface area (Å²) < 4.78 is 17.9. The summed E-state index contributed by atoms with van der Waals surface area (Å²) in [4.78, 5) is 11.2. The van der Waals surface area contributed by atoms with Crippen molar-refractivity contribution in [2.24, 2.45) is 0 Å². The maximum absolute atomic E-state index is 11.2. The van der Waals surface area contributed by atoms with Crippen molar-refractivity contribution in [1.82, 2.24) is 15.0 Å². The van der Waals surface area contributed by atoms with Crippen molar-refractivity contribution in [3.63, 3.8) is 0 Å². The van der Waals surface area contributed by atoms with Gasteiger partial charge in [-0.25, -0.2) is 9.48 Å². The van der Waals surface area contributed by atoms with E-state index < -0.39 is 0 Å². The predicted molar refractivity (Wildman–Crippen MR) is 94.7 cm³/mol. The number of hydrogen-bond donors (Lipinski definition) is 0. The van der Waals surface area contributed by atoms with Gasteiger partial charge >= 0.3 is 5.63 Å². The molecule has 0 saturated carbocycles. The van der Waals surface area contributed by atoms with E-state index in [0.717, 1.165) is 11.1 Å². The molecule has 2 heterocycles. The Morgan fingerprint density at radius 1 is 1.12 bits per heavy atom. The lowest BCUT2D eigenvalue weighted by molar-refractivity contribution is 0.301. The normalized spacial score (nSPS) is 10.8. The van der Waals surface area contributed by atoms with Crippen LogP contribution in [0.4, 0.5) is 0 Å². The molecular weight excluding hydrogens is 334 g/mol. The van der Waals surface area contributed by atoms with E-state index in [4.69, 9.17) is 13.9 Å². The quantitative estimate of drug-likeness (QED) is 0.515. The molecule has 0 aliphatic heterocycles. The van der Waals surface area contributed by atoms with Crippen LogP contribution in [0, 0.1) is 0 Å². The number of fused-ring (bicyclic) bond motifs is 1. The van der Waals surface area contributed by atoms with Crippen molar-refractivity contribution in [3.8, 4) is 17.2 Å². The first kappa shape index (κ1) is 15.9. The molecule has 7 nitrogen and oxygen atoms in total. The Hall–Kier alpha value is -3.61. The summed E-state index contributed by atoms with van der Waals surface area (Å²) in [5, 5.41) is 9.04. The van der Waals surface area contributed by atoms with Gasteiger partial charge in [-0.1, -0.05) is 17.3 Å². The van der Waals surface area contributed by atoms with Gasteiger partial charge in [0, 0.05) is 11.5 Å². The molecule has 2 aromatic carbocycles. The summed E-state index contributed by atoms with van der Waals surface area (Å²) in [6.45, 7) is 0.261. The number of ether oxygens (including phenoxy) is 2. The van der Waals surface area contributed by atoms with Gasteiger partial charge in [0.05, 0.1) is 13.3 Å². The summed E-state index contributed by atoms with van der Waals surface area (Å²) in [7, 11) is 1.61. The van der Waals surface area contributed by atoms with Crippen LogP contribution in [0.15, 0.2) is 70.0 Å². The van der Waals surface area contributed by atoms with Crippen LogP contribution in [0.1, 0.15) is 5.69 Å². The smallest absolute Gasteiger partial charge is 0.336 e. The average Bonchev–Trinajstić information content (AvgIpc) is 3.15. The topological polar surface area (TPSA) is 79.4 Å². The Labute approximate surface area is 148 Å². The predicted octanol–water partition coefficient (Wildman–Crippen LogP) is 2.96. The zero-order valence-corrected chi connectivity index (χ0v) is 14.0. The Bertz CT molecular complexity index is 1120. The van der Waals surface area contributed by atoms with Crippen molar-refractivity contribution in [1.29, 1.82) is 0 Å². The third-order valence-corrected chi connectivity index (χ3v) is 3.85. The van der Waals surface area contributed by atoms with E-state index in [-0.39, 0.29) is 12.2 Å². The molecule has 0 fully saturated rings. The Balaban J connectivity index is 1.51. The first-order valence-corrected chi connectivity index (χ1v) is 7.94. The maximum Gasteiger partial charge on any atom is 0.336 e. The second-order valence-corrected chi connectivity index (χ2v) is 5.57. The molecule has 0 atom stereocenters. The van der Waals surface area contributed by atoms with Crippen LogP contribution >= 0.6 is 0 Å². The van der Waals surface area contributed by atoms with Gasteiger partial charge in [-0.3, -0.25) is 0 Å². The molecule has 26 heavy (non-hydrogen) atoms. The van der Waals surface area contributed by atoms with Crippen LogP contribution in [0.25, 0.3) is 16.7 Å². The average molecular weight is 349 g/mol. The molecule has 4 rings (SSSR count). The van der Waals surface area contributed by atoms with Gasteiger partial charge in [0.25, 0.3) is 0 Å². The molecule has 7 heteroatoms. The molecule has 0 aliphatic rings. The minimum Gasteiger partial charge on any atom is -0.494 e. The summed E-state index contributed by atoms with van der Waals surface area (Å²) in [5.74, 6) is 1.36. The number of methoxy groups -OCH3 is 1. The second-order valence-electron chi connectivity index (χ2n) is 5.57. The lowest BCUT2D eigenvalue weighted by Crippen LogP contribution is -1.98. The molecule has 2 aromatic heterocycles. The fraction of sp³-hybridized carbons (Fsp3) is 0.105. The SMILES string of the molecule is COc1ccccc1-n1cc(COc2ccc3oc(=O)ccc3c2)nn1. The van der Waals surface area contributed by atoms with Gasteiger partial charge in [0.1, 0.15) is 35.1 Å². The van der Waals surface area contributed by atoms with E-state index in [1.165, 1.54) is 6.07 Å². The first-order valence-electron chi connectivity index (χ1n) is 7.94. The highest BCUT2D eigenvalue weighted by Crippen LogP contribution is 2.22. The highest BCUT2D eigenvalue weighted by Gasteiger charge is 2.08. The lowest BCUT2D eigenvalue weighted by atomic mass is 10.2. The Morgan fingerprint density at radius 3 is 2.88 bits per heavy atom. The molecule has 0 unspecified atom stereocenters. The van der Waals surface area contributed by atoms with Crippen LogP contribution in [0.2, 0.25) is 0 Å². The largest absolute Gasteiger partial charge is 0.494 e. The van der Waals surface area contributed by atoms with Crippen molar-refractivity contribution in [2.75, 3.05) is 7.11 Å². The van der Waals surface area contributed by atoms with Crippen LogP contribution in [0.3, 0.4) is 0 Å². The molecule has 0 spiro atoms. The standard InChI is InChI=1S/C19H15N3O4/c1-24-18-5-3-2-4-16(18)22-11-14(20-21-22)12-25-15-7-8-17-13(10-15)6-9-19(23)26-17/h2-11H,12H2,1H3. The van der Waals surface area contributed by atoms with Crippen LogP contribution < -0.4 is 15.1 Å². The minimum atomic E-state index is -0.376. The molecular formula is C19H15N3O4. The number of aromatic nitrogens is 3. The van der Waals surface area contributed by atoms with Gasteiger partial charge in [0.2, 0.25) is 0 Å². The van der Waals surface area contributed by atoms with Crippen LogP contribution in [-0.2, 0) is 6.61 Å². The van der Waals surface area contributed by atoms with E-state index in [9.17, 15) is 4.79 Å². The van der Waals surface area contributed by atoms with Gasteiger partial charge in [0.15, 0.2) is 0 Å². The van der Waals surface area contributed by atoms with Crippen LogP contribution in [-0.4, -0.2) is 22.1 Å². The lowest BCUT2D eigenvalue weighted by Gasteiger charge is -2.06. The third kappa shape index (κ3) is 3.14. The highest BCUT2D eigenvalue weighted by atomic mass is 16.5. The van der Waals surface area contributed by atoms with E-state index in [1.54, 1.807) is 36.2 Å². The fourth-order valence-corrected chi connectivity index (χ4v) is 2.60. The van der Waals surface area contributed by atoms with Gasteiger partial charge in [-0.15, -0.1) is 5.10 Å². The molecule has 0 N–H and O–H groups in total. The molecule has 0 bridgehead atoms. The molecule has 0 aliphatic carbocycles. The second kappa shape index (κ2) is 6.72. The van der Waals surface area contributed by atoms with Crippen molar-refractivity contribution in [2.45, 2.75) is 6.61 Å². The summed E-state index contributed by atoms with van der Waals surface area (Å²) >= 11 is 0. The first-order chi connectivity index (χ1) is 12.7. The number of rotatable bonds is 5. The van der Waals surface area contributed by atoms with Gasteiger partial charge in [-0.2, -0.15) is 0 Å².